The van der Waals surface area contributed by atoms with Gasteiger partial charge in [-0.1, -0.05) is 24.3 Å². The Morgan fingerprint density at radius 1 is 0.696 bits per heavy atom. The van der Waals surface area contributed by atoms with Crippen LogP contribution in [0.15, 0.2) is 42.5 Å². The van der Waals surface area contributed by atoms with E-state index < -0.39 is 0 Å². The first-order valence-corrected chi connectivity index (χ1v) is 7.31. The summed E-state index contributed by atoms with van der Waals surface area (Å²) in [5.74, 6) is 2.93. The van der Waals surface area contributed by atoms with Crippen LogP contribution in [0.4, 0.5) is 0 Å². The molecule has 4 nitrogen and oxygen atoms in total. The SMILES string of the molecule is COc1ccc(C=CCc2ccc(OC)c(OC)c2)cc1OC. The summed E-state index contributed by atoms with van der Waals surface area (Å²) in [6.07, 6.45) is 4.95. The Balaban J connectivity index is 2.09. The molecule has 0 amide bonds. The van der Waals surface area contributed by atoms with Gasteiger partial charge in [0.25, 0.3) is 0 Å². The molecule has 0 aliphatic carbocycles. The van der Waals surface area contributed by atoms with Gasteiger partial charge in [0.05, 0.1) is 28.4 Å². The van der Waals surface area contributed by atoms with Crippen molar-refractivity contribution in [3.8, 4) is 23.0 Å². The monoisotopic (exact) mass is 314 g/mol. The molecule has 0 bridgehead atoms. The highest BCUT2D eigenvalue weighted by molar-refractivity contribution is 5.56. The highest BCUT2D eigenvalue weighted by Gasteiger charge is 2.04. The molecule has 0 N–H and O–H groups in total. The lowest BCUT2D eigenvalue weighted by Crippen LogP contribution is -1.92. The minimum absolute atomic E-state index is 0.723. The Morgan fingerprint density at radius 2 is 1.26 bits per heavy atom. The molecule has 0 unspecified atom stereocenters. The van der Waals surface area contributed by atoms with Crippen molar-refractivity contribution in [2.45, 2.75) is 6.42 Å². The predicted octanol–water partition coefficient (Wildman–Crippen LogP) is 3.98. The average molecular weight is 314 g/mol. The highest BCUT2D eigenvalue weighted by atomic mass is 16.5. The number of allylic oxidation sites excluding steroid dienone is 1. The molecule has 0 atom stereocenters. The average Bonchev–Trinajstić information content (AvgIpc) is 2.61. The summed E-state index contributed by atoms with van der Waals surface area (Å²) in [5.41, 5.74) is 2.21. The van der Waals surface area contributed by atoms with Crippen molar-refractivity contribution >= 4 is 6.08 Å². The molecule has 2 aromatic rings. The Bertz CT molecular complexity index is 677. The van der Waals surface area contributed by atoms with Crippen molar-refractivity contribution in [1.82, 2.24) is 0 Å². The van der Waals surface area contributed by atoms with E-state index in [1.54, 1.807) is 28.4 Å². The van der Waals surface area contributed by atoms with E-state index in [-0.39, 0.29) is 0 Å². The maximum Gasteiger partial charge on any atom is 0.161 e. The quantitative estimate of drug-likeness (QED) is 0.775. The van der Waals surface area contributed by atoms with Gasteiger partial charge in [-0.25, -0.2) is 0 Å². The molecule has 0 saturated carbocycles. The van der Waals surface area contributed by atoms with Crippen molar-refractivity contribution < 1.29 is 18.9 Å². The van der Waals surface area contributed by atoms with Gasteiger partial charge < -0.3 is 18.9 Å². The topological polar surface area (TPSA) is 36.9 Å². The van der Waals surface area contributed by atoms with E-state index in [0.717, 1.165) is 40.5 Å². The molecular weight excluding hydrogens is 292 g/mol. The van der Waals surface area contributed by atoms with Gasteiger partial charge in [0.15, 0.2) is 23.0 Å². The van der Waals surface area contributed by atoms with E-state index in [0.29, 0.717) is 0 Å². The van der Waals surface area contributed by atoms with Gasteiger partial charge in [-0.2, -0.15) is 0 Å². The second-order valence-corrected chi connectivity index (χ2v) is 4.91. The van der Waals surface area contributed by atoms with E-state index in [9.17, 15) is 0 Å². The normalized spacial score (nSPS) is 10.6. The van der Waals surface area contributed by atoms with Gasteiger partial charge >= 0.3 is 0 Å². The zero-order valence-electron chi connectivity index (χ0n) is 14.0. The molecule has 0 spiro atoms. The molecule has 122 valence electrons. The smallest absolute Gasteiger partial charge is 0.161 e. The lowest BCUT2D eigenvalue weighted by molar-refractivity contribution is 0.354. The summed E-state index contributed by atoms with van der Waals surface area (Å²) in [7, 11) is 6.54. The van der Waals surface area contributed by atoms with Gasteiger partial charge in [0.1, 0.15) is 0 Å². The van der Waals surface area contributed by atoms with E-state index in [1.165, 1.54) is 0 Å². The largest absolute Gasteiger partial charge is 0.493 e. The van der Waals surface area contributed by atoms with Crippen molar-refractivity contribution in [3.63, 3.8) is 0 Å². The zero-order valence-corrected chi connectivity index (χ0v) is 14.0. The molecule has 2 aromatic carbocycles. The standard InChI is InChI=1S/C19H22O4/c1-20-16-10-8-14(12-18(16)22-3)6-5-7-15-9-11-17(21-2)19(13-15)23-4/h5-6,8-13H,7H2,1-4H3. The van der Waals surface area contributed by atoms with Crippen molar-refractivity contribution in [2.24, 2.45) is 0 Å². The first-order chi connectivity index (χ1) is 11.2. The Morgan fingerprint density at radius 3 is 1.87 bits per heavy atom. The fourth-order valence-electron chi connectivity index (χ4n) is 2.30. The maximum atomic E-state index is 5.32. The van der Waals surface area contributed by atoms with Crippen LogP contribution in [0.3, 0.4) is 0 Å². The predicted molar refractivity (Wildman–Crippen MR) is 91.8 cm³/mol. The number of ether oxygens (including phenoxy) is 4. The van der Waals surface area contributed by atoms with Gasteiger partial charge in [-0.3, -0.25) is 0 Å². The third-order valence-corrected chi connectivity index (χ3v) is 3.52. The first kappa shape index (κ1) is 16.7. The van der Waals surface area contributed by atoms with Crippen LogP contribution in [-0.4, -0.2) is 28.4 Å². The molecule has 0 heterocycles. The van der Waals surface area contributed by atoms with Crippen LogP contribution < -0.4 is 18.9 Å². The highest BCUT2D eigenvalue weighted by Crippen LogP contribution is 2.29. The molecule has 4 heteroatoms. The van der Waals surface area contributed by atoms with E-state index in [2.05, 4.69) is 12.2 Å². The van der Waals surface area contributed by atoms with Gasteiger partial charge in [0, 0.05) is 0 Å². The third-order valence-electron chi connectivity index (χ3n) is 3.52. The molecule has 0 aliphatic rings. The summed E-state index contributed by atoms with van der Waals surface area (Å²) in [4.78, 5) is 0. The van der Waals surface area contributed by atoms with Crippen molar-refractivity contribution in [3.05, 3.63) is 53.6 Å². The summed E-state index contributed by atoms with van der Waals surface area (Å²) in [5, 5.41) is 0. The molecule has 0 fully saturated rings. The Kier molecular flexibility index (Phi) is 5.92. The fraction of sp³-hybridized carbons (Fsp3) is 0.263. The second kappa shape index (κ2) is 8.13. The lowest BCUT2D eigenvalue weighted by atomic mass is 10.1. The number of benzene rings is 2. The molecule has 23 heavy (non-hydrogen) atoms. The van der Waals surface area contributed by atoms with E-state index in [1.807, 2.05) is 36.4 Å². The van der Waals surface area contributed by atoms with Crippen LogP contribution in [-0.2, 0) is 6.42 Å². The van der Waals surface area contributed by atoms with Crippen molar-refractivity contribution in [2.75, 3.05) is 28.4 Å². The summed E-state index contributed by atoms with van der Waals surface area (Å²) < 4.78 is 21.1. The second-order valence-electron chi connectivity index (χ2n) is 4.91. The molecule has 0 radical (unpaired) electrons. The van der Waals surface area contributed by atoms with Crippen LogP contribution in [0.25, 0.3) is 6.08 Å². The van der Waals surface area contributed by atoms with E-state index >= 15 is 0 Å². The number of hydrogen-bond acceptors (Lipinski definition) is 4. The first-order valence-electron chi connectivity index (χ1n) is 7.31. The summed E-state index contributed by atoms with van der Waals surface area (Å²) >= 11 is 0. The molecule has 2 rings (SSSR count). The Hall–Kier alpha value is -2.62. The van der Waals surface area contributed by atoms with Crippen molar-refractivity contribution in [1.29, 1.82) is 0 Å². The van der Waals surface area contributed by atoms with Crippen LogP contribution >= 0.6 is 0 Å². The van der Waals surface area contributed by atoms with Crippen LogP contribution in [0, 0.1) is 0 Å². The maximum absolute atomic E-state index is 5.32. The molecule has 0 aliphatic heterocycles. The van der Waals surface area contributed by atoms with Crippen LogP contribution in [0.2, 0.25) is 0 Å². The third kappa shape index (κ3) is 4.19. The lowest BCUT2D eigenvalue weighted by Gasteiger charge is -2.09. The Labute approximate surface area is 137 Å². The van der Waals surface area contributed by atoms with Gasteiger partial charge in [0.2, 0.25) is 0 Å². The van der Waals surface area contributed by atoms with Gasteiger partial charge in [-0.05, 0) is 41.8 Å². The van der Waals surface area contributed by atoms with E-state index in [4.69, 9.17) is 18.9 Å². The fourth-order valence-corrected chi connectivity index (χ4v) is 2.30. The van der Waals surface area contributed by atoms with Gasteiger partial charge in [-0.15, -0.1) is 0 Å². The number of hydrogen-bond donors (Lipinski definition) is 0. The molecule has 0 aromatic heterocycles. The summed E-state index contributed by atoms with van der Waals surface area (Å²) in [6.45, 7) is 0. The number of rotatable bonds is 7. The van der Waals surface area contributed by atoms with Crippen LogP contribution in [0.1, 0.15) is 11.1 Å². The number of methoxy groups -OCH3 is 4. The summed E-state index contributed by atoms with van der Waals surface area (Å²) in [6, 6.07) is 11.8. The zero-order chi connectivity index (χ0) is 16.7. The minimum Gasteiger partial charge on any atom is -0.493 e. The molecular formula is C19H22O4. The van der Waals surface area contributed by atoms with Crippen LogP contribution in [0.5, 0.6) is 23.0 Å². The molecule has 0 saturated heterocycles. The minimum atomic E-state index is 0.723.